The second-order valence-corrected chi connectivity index (χ2v) is 6.22. The number of aromatic nitrogens is 5. The molecule has 0 aromatic carbocycles. The lowest BCUT2D eigenvalue weighted by Gasteiger charge is -2.14. The van der Waals surface area contributed by atoms with Crippen molar-refractivity contribution in [3.05, 3.63) is 30.0 Å². The maximum Gasteiger partial charge on any atom is 0.153 e. The minimum Gasteiger partial charge on any atom is -0.393 e. The van der Waals surface area contributed by atoms with Gasteiger partial charge >= 0.3 is 0 Å². The molecule has 0 amide bonds. The Balaban J connectivity index is 1.59. The Kier molecular flexibility index (Phi) is 4.33. The first-order valence-electron chi connectivity index (χ1n) is 7.75. The van der Waals surface area contributed by atoms with Gasteiger partial charge in [0.1, 0.15) is 11.6 Å². The van der Waals surface area contributed by atoms with Crippen LogP contribution in [-0.4, -0.2) is 43.1 Å². The lowest BCUT2D eigenvalue weighted by atomic mass is 10.0. The summed E-state index contributed by atoms with van der Waals surface area (Å²) in [5, 5.41) is 28.6. The predicted molar refractivity (Wildman–Crippen MR) is 82.5 cm³/mol. The molecule has 1 saturated carbocycles. The molecule has 2 aromatic rings. The maximum absolute atomic E-state index is 10.3. The molecule has 1 aliphatic rings. The number of nitrogens with zero attached hydrogens (tertiary/aromatic N) is 4. The third-order valence-electron chi connectivity index (χ3n) is 4.20. The molecule has 118 valence electrons. The first-order chi connectivity index (χ1) is 10.6. The molecule has 0 saturated heterocycles. The molecule has 0 bridgehead atoms. The minimum absolute atomic E-state index is 0.180. The van der Waals surface area contributed by atoms with E-state index in [1.54, 1.807) is 6.20 Å². The van der Waals surface area contributed by atoms with Gasteiger partial charge in [0.05, 0.1) is 6.10 Å². The molecule has 7 nitrogen and oxygen atoms in total. The summed E-state index contributed by atoms with van der Waals surface area (Å²) in [6.45, 7) is 4.83. The first kappa shape index (κ1) is 14.9. The third kappa shape index (κ3) is 3.24. The zero-order chi connectivity index (χ0) is 15.5. The standard InChI is InChI=1S/C15H22N6O/c1-9(2)14-18-15(21-20-14)10-6-11(12(22)7-10)8-16-13-4-3-5-17-19-13/h3-5,9-12,22H,6-8H2,1-2H3,(H,16,19)(H,18,20,21)/t10-,11+,12+/m0/s1. The van der Waals surface area contributed by atoms with E-state index in [1.807, 2.05) is 12.1 Å². The zero-order valence-corrected chi connectivity index (χ0v) is 12.9. The van der Waals surface area contributed by atoms with Gasteiger partial charge in [0, 0.05) is 30.5 Å². The Morgan fingerprint density at radius 1 is 1.41 bits per heavy atom. The van der Waals surface area contributed by atoms with Crippen LogP contribution in [0.2, 0.25) is 0 Å². The van der Waals surface area contributed by atoms with Crippen LogP contribution in [0.1, 0.15) is 50.2 Å². The van der Waals surface area contributed by atoms with Crippen molar-refractivity contribution in [2.24, 2.45) is 5.92 Å². The monoisotopic (exact) mass is 302 g/mol. The number of nitrogens with one attached hydrogen (secondary N) is 2. The van der Waals surface area contributed by atoms with E-state index >= 15 is 0 Å². The average molecular weight is 302 g/mol. The number of anilines is 1. The van der Waals surface area contributed by atoms with Gasteiger partial charge in [0.2, 0.25) is 0 Å². The molecule has 22 heavy (non-hydrogen) atoms. The molecule has 1 fully saturated rings. The zero-order valence-electron chi connectivity index (χ0n) is 12.9. The van der Waals surface area contributed by atoms with Gasteiger partial charge in [-0.05, 0) is 25.0 Å². The van der Waals surface area contributed by atoms with Crippen molar-refractivity contribution in [3.8, 4) is 0 Å². The highest BCUT2D eigenvalue weighted by Gasteiger charge is 2.35. The number of aliphatic hydroxyl groups excluding tert-OH is 1. The molecule has 0 spiro atoms. The van der Waals surface area contributed by atoms with Crippen molar-refractivity contribution in [1.82, 2.24) is 25.4 Å². The molecule has 3 rings (SSSR count). The topological polar surface area (TPSA) is 99.6 Å². The maximum atomic E-state index is 10.3. The van der Waals surface area contributed by atoms with Gasteiger partial charge in [0.15, 0.2) is 5.82 Å². The first-order valence-corrected chi connectivity index (χ1v) is 7.75. The van der Waals surface area contributed by atoms with Crippen LogP contribution in [0.15, 0.2) is 18.3 Å². The van der Waals surface area contributed by atoms with E-state index in [4.69, 9.17) is 0 Å². The summed E-state index contributed by atoms with van der Waals surface area (Å²) in [5.74, 6) is 3.20. The fourth-order valence-corrected chi connectivity index (χ4v) is 2.91. The fraction of sp³-hybridized carbons (Fsp3) is 0.600. The summed E-state index contributed by atoms with van der Waals surface area (Å²) < 4.78 is 0. The summed E-state index contributed by atoms with van der Waals surface area (Å²) in [7, 11) is 0. The van der Waals surface area contributed by atoms with Crippen molar-refractivity contribution >= 4 is 5.82 Å². The highest BCUT2D eigenvalue weighted by molar-refractivity contribution is 5.31. The Labute approximate surface area is 129 Å². The third-order valence-corrected chi connectivity index (χ3v) is 4.20. The number of aliphatic hydroxyl groups is 1. The highest BCUT2D eigenvalue weighted by Crippen LogP contribution is 2.37. The number of hydrogen-bond donors (Lipinski definition) is 3. The fourth-order valence-electron chi connectivity index (χ4n) is 2.91. The van der Waals surface area contributed by atoms with Gasteiger partial charge in [-0.2, -0.15) is 10.2 Å². The Morgan fingerprint density at radius 3 is 2.95 bits per heavy atom. The van der Waals surface area contributed by atoms with Crippen LogP contribution in [0.25, 0.3) is 0 Å². The number of H-pyrrole nitrogens is 1. The van der Waals surface area contributed by atoms with Crippen LogP contribution in [0.3, 0.4) is 0 Å². The van der Waals surface area contributed by atoms with Crippen molar-refractivity contribution in [1.29, 1.82) is 0 Å². The van der Waals surface area contributed by atoms with Gasteiger partial charge in [0.25, 0.3) is 0 Å². The van der Waals surface area contributed by atoms with E-state index in [2.05, 4.69) is 44.5 Å². The van der Waals surface area contributed by atoms with Crippen LogP contribution in [0, 0.1) is 5.92 Å². The van der Waals surface area contributed by atoms with Gasteiger partial charge in [-0.15, -0.1) is 5.10 Å². The highest BCUT2D eigenvalue weighted by atomic mass is 16.3. The molecular weight excluding hydrogens is 280 g/mol. The normalized spacial score (nSPS) is 24.8. The van der Waals surface area contributed by atoms with Crippen molar-refractivity contribution < 1.29 is 5.11 Å². The van der Waals surface area contributed by atoms with E-state index < -0.39 is 0 Å². The van der Waals surface area contributed by atoms with E-state index in [9.17, 15) is 5.11 Å². The molecule has 2 heterocycles. The summed E-state index contributed by atoms with van der Waals surface area (Å²) in [6.07, 6.45) is 2.92. The second-order valence-electron chi connectivity index (χ2n) is 6.22. The molecule has 3 atom stereocenters. The number of hydrogen-bond acceptors (Lipinski definition) is 6. The summed E-state index contributed by atoms with van der Waals surface area (Å²) in [4.78, 5) is 4.56. The predicted octanol–water partition coefficient (Wildman–Crippen LogP) is 1.68. The lowest BCUT2D eigenvalue weighted by Crippen LogP contribution is -2.22. The SMILES string of the molecule is CC(C)c1n[nH]c([C@H]2C[C@H](CNc3cccnn3)[C@H](O)C2)n1. The van der Waals surface area contributed by atoms with Crippen LogP contribution in [0.5, 0.6) is 0 Å². The smallest absolute Gasteiger partial charge is 0.153 e. The lowest BCUT2D eigenvalue weighted by molar-refractivity contribution is 0.137. The average Bonchev–Trinajstić information content (AvgIpc) is 3.13. The van der Waals surface area contributed by atoms with Gasteiger partial charge in [-0.1, -0.05) is 13.8 Å². The van der Waals surface area contributed by atoms with Gasteiger partial charge in [-0.25, -0.2) is 4.98 Å². The van der Waals surface area contributed by atoms with Gasteiger partial charge < -0.3 is 10.4 Å². The van der Waals surface area contributed by atoms with Crippen LogP contribution in [0.4, 0.5) is 5.82 Å². The van der Waals surface area contributed by atoms with E-state index in [0.29, 0.717) is 12.5 Å². The molecule has 2 aromatic heterocycles. The van der Waals surface area contributed by atoms with Crippen molar-refractivity contribution in [2.75, 3.05) is 11.9 Å². The molecule has 7 heteroatoms. The minimum atomic E-state index is -0.332. The van der Waals surface area contributed by atoms with Crippen LogP contribution in [-0.2, 0) is 0 Å². The van der Waals surface area contributed by atoms with E-state index in [1.165, 1.54) is 0 Å². The summed E-state index contributed by atoms with van der Waals surface area (Å²) in [5.41, 5.74) is 0. The summed E-state index contributed by atoms with van der Waals surface area (Å²) in [6, 6.07) is 3.71. The van der Waals surface area contributed by atoms with Gasteiger partial charge in [-0.3, -0.25) is 5.10 Å². The van der Waals surface area contributed by atoms with Crippen LogP contribution >= 0.6 is 0 Å². The Morgan fingerprint density at radius 2 is 2.27 bits per heavy atom. The Hall–Kier alpha value is -2.02. The van der Waals surface area contributed by atoms with E-state index in [-0.39, 0.29) is 17.9 Å². The summed E-state index contributed by atoms with van der Waals surface area (Å²) >= 11 is 0. The quantitative estimate of drug-likeness (QED) is 0.777. The molecule has 1 aliphatic carbocycles. The molecule has 0 aliphatic heterocycles. The molecule has 3 N–H and O–H groups in total. The number of aromatic amines is 1. The second kappa shape index (κ2) is 6.39. The molecule has 0 unspecified atom stereocenters. The van der Waals surface area contributed by atoms with E-state index in [0.717, 1.165) is 30.3 Å². The molecular formula is C15H22N6O. The van der Waals surface area contributed by atoms with Crippen molar-refractivity contribution in [3.63, 3.8) is 0 Å². The molecule has 0 radical (unpaired) electrons. The van der Waals surface area contributed by atoms with Crippen molar-refractivity contribution in [2.45, 2.75) is 44.6 Å². The largest absolute Gasteiger partial charge is 0.393 e. The van der Waals surface area contributed by atoms with Crippen LogP contribution < -0.4 is 5.32 Å². The number of rotatable bonds is 5. The Bertz CT molecular complexity index is 599.